The number of nitrogens with one attached hydrogen (secondary N) is 2. The fourth-order valence-corrected chi connectivity index (χ4v) is 1.42. The second kappa shape index (κ2) is 5.98. The van der Waals surface area contributed by atoms with Crippen molar-refractivity contribution in [3.63, 3.8) is 0 Å². The maximum absolute atomic E-state index is 11.9. The summed E-state index contributed by atoms with van der Waals surface area (Å²) in [5.74, 6) is -0.255. The van der Waals surface area contributed by atoms with Crippen molar-refractivity contribution in [3.8, 4) is 0 Å². The van der Waals surface area contributed by atoms with Gasteiger partial charge in [0.2, 0.25) is 0 Å². The first kappa shape index (κ1) is 16.1. The fourth-order valence-electron chi connectivity index (χ4n) is 1.42. The topological polar surface area (TPSA) is 80.6 Å². The molecule has 0 atom stereocenters. The molecule has 6 heteroatoms. The predicted octanol–water partition coefficient (Wildman–Crippen LogP) is 2.31. The van der Waals surface area contributed by atoms with Crippen molar-refractivity contribution in [2.24, 2.45) is 0 Å². The number of amides is 2. The molecule has 0 bridgehead atoms. The number of hydrogen-bond acceptors (Lipinski definition) is 4. The summed E-state index contributed by atoms with van der Waals surface area (Å²) in [6.07, 6.45) is 2.29. The van der Waals surface area contributed by atoms with Crippen LogP contribution >= 0.6 is 0 Å². The highest BCUT2D eigenvalue weighted by molar-refractivity contribution is 5.94. The number of carbonyl (C=O) groups excluding carboxylic acids is 2. The van der Waals surface area contributed by atoms with Crippen molar-refractivity contribution in [1.29, 1.82) is 0 Å². The van der Waals surface area contributed by atoms with Gasteiger partial charge in [-0.25, -0.2) is 4.79 Å². The summed E-state index contributed by atoms with van der Waals surface area (Å²) in [5.41, 5.74) is -0.713. The third kappa shape index (κ3) is 5.77. The largest absolute Gasteiger partial charge is 0.472 e. The minimum atomic E-state index is -0.606. The molecule has 6 nitrogen and oxygen atoms in total. The normalized spacial score (nSPS) is 11.8. The summed E-state index contributed by atoms with van der Waals surface area (Å²) < 4.78 is 9.99. The van der Waals surface area contributed by atoms with Gasteiger partial charge in [-0.1, -0.05) is 0 Å². The molecule has 0 radical (unpaired) electrons. The molecule has 20 heavy (non-hydrogen) atoms. The zero-order valence-electron chi connectivity index (χ0n) is 12.6. The third-order valence-electron chi connectivity index (χ3n) is 2.31. The predicted molar refractivity (Wildman–Crippen MR) is 74.5 cm³/mol. The Morgan fingerprint density at radius 3 is 2.40 bits per heavy atom. The van der Waals surface area contributed by atoms with Gasteiger partial charge in [0.05, 0.1) is 17.4 Å². The molecule has 0 aliphatic rings. The lowest BCUT2D eigenvalue weighted by molar-refractivity contribution is 0.0509. The van der Waals surface area contributed by atoms with E-state index in [0.29, 0.717) is 5.56 Å². The van der Waals surface area contributed by atoms with Gasteiger partial charge < -0.3 is 19.8 Å². The number of rotatable bonds is 4. The number of carbonyl (C=O) groups is 2. The highest BCUT2D eigenvalue weighted by Gasteiger charge is 2.24. The van der Waals surface area contributed by atoms with Crippen LogP contribution in [0.4, 0.5) is 4.79 Å². The van der Waals surface area contributed by atoms with Crippen LogP contribution < -0.4 is 10.6 Å². The van der Waals surface area contributed by atoms with Crippen molar-refractivity contribution in [2.75, 3.05) is 6.54 Å². The number of ether oxygens (including phenoxy) is 1. The Kier molecular flexibility index (Phi) is 4.81. The monoisotopic (exact) mass is 282 g/mol. The zero-order valence-corrected chi connectivity index (χ0v) is 12.6. The van der Waals surface area contributed by atoms with Gasteiger partial charge in [-0.2, -0.15) is 0 Å². The molecule has 1 rings (SSSR count). The van der Waals surface area contributed by atoms with Crippen LogP contribution in [0.5, 0.6) is 0 Å². The smallest absolute Gasteiger partial charge is 0.407 e. The van der Waals surface area contributed by atoms with Crippen molar-refractivity contribution >= 4 is 12.0 Å². The van der Waals surface area contributed by atoms with Crippen LogP contribution in [-0.2, 0) is 4.74 Å². The van der Waals surface area contributed by atoms with Crippen LogP contribution in [0.15, 0.2) is 23.0 Å². The molecule has 0 spiro atoms. The third-order valence-corrected chi connectivity index (χ3v) is 2.31. The van der Waals surface area contributed by atoms with Crippen LogP contribution in [0.3, 0.4) is 0 Å². The van der Waals surface area contributed by atoms with E-state index in [2.05, 4.69) is 10.6 Å². The maximum Gasteiger partial charge on any atom is 0.407 e. The van der Waals surface area contributed by atoms with E-state index in [-0.39, 0.29) is 12.5 Å². The van der Waals surface area contributed by atoms with Crippen molar-refractivity contribution in [3.05, 3.63) is 24.2 Å². The van der Waals surface area contributed by atoms with Crippen LogP contribution in [0.1, 0.15) is 45.0 Å². The fraction of sp³-hybridized carbons (Fsp3) is 0.571. The minimum absolute atomic E-state index is 0.255. The molecule has 0 saturated carbocycles. The van der Waals surface area contributed by atoms with Crippen LogP contribution in [0.25, 0.3) is 0 Å². The van der Waals surface area contributed by atoms with Gasteiger partial charge in [0.15, 0.2) is 0 Å². The van der Waals surface area contributed by atoms with E-state index in [4.69, 9.17) is 9.15 Å². The first-order valence-electron chi connectivity index (χ1n) is 6.41. The molecular weight excluding hydrogens is 260 g/mol. The van der Waals surface area contributed by atoms with E-state index in [1.165, 1.54) is 12.5 Å². The Hall–Kier alpha value is -1.98. The molecule has 1 heterocycles. The summed E-state index contributed by atoms with van der Waals surface area (Å²) in [5, 5.41) is 5.44. The average molecular weight is 282 g/mol. The van der Waals surface area contributed by atoms with Gasteiger partial charge in [-0.05, 0) is 40.7 Å². The molecule has 0 aliphatic heterocycles. The summed E-state index contributed by atoms with van der Waals surface area (Å²) in [7, 11) is 0. The Bertz CT molecular complexity index is 458. The lowest BCUT2D eigenvalue weighted by Gasteiger charge is -2.27. The quantitative estimate of drug-likeness (QED) is 0.888. The lowest BCUT2D eigenvalue weighted by atomic mass is 10.1. The molecule has 0 aliphatic carbocycles. The van der Waals surface area contributed by atoms with Gasteiger partial charge >= 0.3 is 6.09 Å². The molecule has 0 saturated heterocycles. The van der Waals surface area contributed by atoms with Gasteiger partial charge in [0.1, 0.15) is 11.9 Å². The summed E-state index contributed by atoms with van der Waals surface area (Å²) in [6.45, 7) is 9.24. The van der Waals surface area contributed by atoms with E-state index in [9.17, 15) is 9.59 Å². The SMILES string of the molecule is CC(C)(CNC(=O)OC(C)(C)C)NC(=O)c1ccoc1. The van der Waals surface area contributed by atoms with E-state index < -0.39 is 17.2 Å². The summed E-state index contributed by atoms with van der Waals surface area (Å²) >= 11 is 0. The van der Waals surface area contributed by atoms with Crippen molar-refractivity contribution < 1.29 is 18.7 Å². The second-order valence-electron chi connectivity index (χ2n) is 6.21. The van der Waals surface area contributed by atoms with Gasteiger partial charge in [0, 0.05) is 6.54 Å². The van der Waals surface area contributed by atoms with E-state index in [0.717, 1.165) is 0 Å². The minimum Gasteiger partial charge on any atom is -0.472 e. The van der Waals surface area contributed by atoms with E-state index >= 15 is 0 Å². The van der Waals surface area contributed by atoms with E-state index in [1.807, 2.05) is 13.8 Å². The molecule has 2 amide bonds. The van der Waals surface area contributed by atoms with Crippen LogP contribution in [-0.4, -0.2) is 29.7 Å². The molecule has 112 valence electrons. The molecule has 0 aromatic carbocycles. The highest BCUT2D eigenvalue weighted by Crippen LogP contribution is 2.08. The standard InChI is InChI=1S/C14H22N2O4/c1-13(2,3)20-12(18)15-9-14(4,5)16-11(17)10-6-7-19-8-10/h6-8H,9H2,1-5H3,(H,15,18)(H,16,17). The Balaban J connectivity index is 2.45. The average Bonchev–Trinajstić information content (AvgIpc) is 2.77. The number of alkyl carbamates (subject to hydrolysis) is 1. The van der Waals surface area contributed by atoms with Crippen LogP contribution in [0.2, 0.25) is 0 Å². The first-order valence-corrected chi connectivity index (χ1v) is 6.41. The molecule has 2 N–H and O–H groups in total. The van der Waals surface area contributed by atoms with Gasteiger partial charge in [0.25, 0.3) is 5.91 Å². The van der Waals surface area contributed by atoms with Gasteiger partial charge in [-0.15, -0.1) is 0 Å². The number of furan rings is 1. The van der Waals surface area contributed by atoms with Gasteiger partial charge in [-0.3, -0.25) is 4.79 Å². The Morgan fingerprint density at radius 1 is 1.25 bits per heavy atom. The van der Waals surface area contributed by atoms with Crippen molar-refractivity contribution in [1.82, 2.24) is 10.6 Å². The summed E-state index contributed by atoms with van der Waals surface area (Å²) in [6, 6.07) is 1.58. The van der Waals surface area contributed by atoms with E-state index in [1.54, 1.807) is 26.8 Å². The Morgan fingerprint density at radius 2 is 1.90 bits per heavy atom. The Labute approximate surface area is 118 Å². The number of hydrogen-bond donors (Lipinski definition) is 2. The molecule has 0 fully saturated rings. The molecule has 0 unspecified atom stereocenters. The zero-order chi connectivity index (χ0) is 15.4. The molecule has 1 aromatic heterocycles. The molecule has 1 aromatic rings. The second-order valence-corrected chi connectivity index (χ2v) is 6.21. The van der Waals surface area contributed by atoms with Crippen molar-refractivity contribution in [2.45, 2.75) is 45.8 Å². The maximum atomic E-state index is 11.9. The first-order chi connectivity index (χ1) is 9.09. The highest BCUT2D eigenvalue weighted by atomic mass is 16.6. The lowest BCUT2D eigenvalue weighted by Crippen LogP contribution is -2.51. The summed E-state index contributed by atoms with van der Waals surface area (Å²) in [4.78, 5) is 23.4. The van der Waals surface area contributed by atoms with Crippen LogP contribution in [0, 0.1) is 0 Å². The molecular formula is C14H22N2O4.